The van der Waals surface area contributed by atoms with Crippen LogP contribution in [0, 0.1) is 11.8 Å². The molecular weight excluding hydrogens is 755 g/mol. The van der Waals surface area contributed by atoms with Crippen LogP contribution in [0.25, 0.3) is 32.9 Å². The van der Waals surface area contributed by atoms with E-state index in [-0.39, 0.29) is 18.7 Å². The van der Waals surface area contributed by atoms with E-state index in [4.69, 9.17) is 4.98 Å². The minimum Gasteiger partial charge on any atom is -0.369 e. The standard InChI is InChI=1S/C47H53N9O4/c1-51-40-10-16-48-29-39(40)36-5-2-33(26-42(36)51)34-3-8-43(49-28-34)55-20-14-31(15-21-55)11-17-52-18-12-32(13-19-52)30-53-22-24-54(25-23-53)35-4-6-37-38(27-35)47(60)56(46(37)59)41-7-9-44(57)50-45(41)58/h2-6,8,10,16,26-29,31-32,41H,7,9,11-15,17-25,30H2,1H3,(H,50,57,58). The van der Waals surface area contributed by atoms with Gasteiger partial charge in [0.2, 0.25) is 11.8 Å². The van der Waals surface area contributed by atoms with E-state index in [2.05, 4.69) is 77.9 Å². The van der Waals surface area contributed by atoms with Crippen LogP contribution in [0.2, 0.25) is 0 Å². The molecule has 1 N–H and O–H groups in total. The lowest BCUT2D eigenvalue weighted by molar-refractivity contribution is -0.136. The summed E-state index contributed by atoms with van der Waals surface area (Å²) in [6.45, 7) is 10.5. The van der Waals surface area contributed by atoms with Crippen molar-refractivity contribution < 1.29 is 19.2 Å². The number of rotatable bonds is 9. The van der Waals surface area contributed by atoms with Crippen LogP contribution in [-0.4, -0.2) is 124 Å². The average molecular weight is 808 g/mol. The van der Waals surface area contributed by atoms with Crippen molar-refractivity contribution in [3.63, 3.8) is 0 Å². The molecule has 0 radical (unpaired) electrons. The Kier molecular flexibility index (Phi) is 10.3. The molecule has 1 atom stereocenters. The van der Waals surface area contributed by atoms with Gasteiger partial charge in [0.25, 0.3) is 11.8 Å². The van der Waals surface area contributed by atoms with E-state index in [9.17, 15) is 19.2 Å². The molecule has 0 saturated carbocycles. The van der Waals surface area contributed by atoms with Crippen LogP contribution in [0.5, 0.6) is 0 Å². The summed E-state index contributed by atoms with van der Waals surface area (Å²) in [5.41, 5.74) is 6.31. The maximum absolute atomic E-state index is 13.3. The zero-order valence-corrected chi connectivity index (χ0v) is 34.4. The highest BCUT2D eigenvalue weighted by Gasteiger charge is 2.45. The van der Waals surface area contributed by atoms with Gasteiger partial charge in [0, 0.05) is 105 Å². The molecule has 1 unspecified atom stereocenters. The predicted octanol–water partition coefficient (Wildman–Crippen LogP) is 5.33. The SMILES string of the molecule is Cn1c2ccncc2c2ccc(-c3ccc(N4CCC(CCN5CCC(CN6CCN(c7ccc8c(c7)C(=O)N(C7CCC(=O)NC7=O)C8=O)CC6)CC5)CC4)nc3)cc21. The number of amides is 4. The van der Waals surface area contributed by atoms with Gasteiger partial charge in [-0.1, -0.05) is 12.1 Å². The Hall–Kier alpha value is -5.66. The molecule has 60 heavy (non-hydrogen) atoms. The van der Waals surface area contributed by atoms with Gasteiger partial charge in [-0.15, -0.1) is 0 Å². The number of hydrogen-bond donors (Lipinski definition) is 1. The van der Waals surface area contributed by atoms with E-state index in [0.29, 0.717) is 11.1 Å². The number of pyridine rings is 2. The molecule has 5 aliphatic rings. The molecule has 10 rings (SSSR count). The van der Waals surface area contributed by atoms with Crippen molar-refractivity contribution in [2.75, 3.05) is 75.2 Å². The summed E-state index contributed by atoms with van der Waals surface area (Å²) in [6, 6.07) is 17.6. The third kappa shape index (κ3) is 7.31. The van der Waals surface area contributed by atoms with E-state index in [0.717, 1.165) is 79.6 Å². The van der Waals surface area contributed by atoms with Crippen molar-refractivity contribution in [3.8, 4) is 11.1 Å². The summed E-state index contributed by atoms with van der Waals surface area (Å²) in [7, 11) is 2.12. The lowest BCUT2D eigenvalue weighted by atomic mass is 9.92. The largest absolute Gasteiger partial charge is 0.369 e. The summed E-state index contributed by atoms with van der Waals surface area (Å²) in [6.07, 6.45) is 12.3. The number of hydrogen-bond acceptors (Lipinski definition) is 10. The highest BCUT2D eigenvalue weighted by atomic mass is 16.2. The Morgan fingerprint density at radius 3 is 2.20 bits per heavy atom. The fourth-order valence-corrected chi connectivity index (χ4v) is 10.4. The van der Waals surface area contributed by atoms with E-state index in [1.165, 1.54) is 79.1 Å². The summed E-state index contributed by atoms with van der Waals surface area (Å²) in [4.78, 5) is 70.9. The number of piperazine rings is 1. The highest BCUT2D eigenvalue weighted by molar-refractivity contribution is 6.23. The molecule has 310 valence electrons. The van der Waals surface area contributed by atoms with E-state index in [1.807, 2.05) is 24.7 Å². The zero-order chi connectivity index (χ0) is 40.9. The van der Waals surface area contributed by atoms with E-state index in [1.54, 1.807) is 12.1 Å². The molecule has 0 aliphatic carbocycles. The second-order valence-electron chi connectivity index (χ2n) is 17.6. The molecule has 8 heterocycles. The van der Waals surface area contributed by atoms with Crippen molar-refractivity contribution in [1.29, 1.82) is 0 Å². The summed E-state index contributed by atoms with van der Waals surface area (Å²) in [5.74, 6) is 0.687. The molecule has 0 spiro atoms. The number of carbonyl (C=O) groups excluding carboxylic acids is 4. The smallest absolute Gasteiger partial charge is 0.262 e. The number of benzene rings is 2. The van der Waals surface area contributed by atoms with Gasteiger partial charge in [-0.05, 0) is 118 Å². The summed E-state index contributed by atoms with van der Waals surface area (Å²) < 4.78 is 2.25. The first-order valence-electron chi connectivity index (χ1n) is 21.9. The second-order valence-corrected chi connectivity index (χ2v) is 17.6. The Morgan fingerprint density at radius 1 is 0.667 bits per heavy atom. The molecule has 4 fully saturated rings. The van der Waals surface area contributed by atoms with Crippen molar-refractivity contribution in [3.05, 3.63) is 84.3 Å². The van der Waals surface area contributed by atoms with Gasteiger partial charge in [-0.2, -0.15) is 0 Å². The van der Waals surface area contributed by atoms with Crippen molar-refractivity contribution in [2.24, 2.45) is 18.9 Å². The monoisotopic (exact) mass is 807 g/mol. The minimum absolute atomic E-state index is 0.111. The van der Waals surface area contributed by atoms with Crippen LogP contribution >= 0.6 is 0 Å². The molecule has 3 aromatic heterocycles. The van der Waals surface area contributed by atoms with Crippen molar-refractivity contribution in [2.45, 2.75) is 51.0 Å². The quantitative estimate of drug-likeness (QED) is 0.196. The van der Waals surface area contributed by atoms with Crippen LogP contribution in [0.1, 0.15) is 65.7 Å². The molecule has 2 aromatic carbocycles. The van der Waals surface area contributed by atoms with Gasteiger partial charge in [-0.3, -0.25) is 39.3 Å². The average Bonchev–Trinajstić information content (AvgIpc) is 3.71. The maximum atomic E-state index is 13.3. The number of likely N-dealkylation sites (tertiary alicyclic amines) is 1. The Balaban J connectivity index is 0.642. The molecule has 13 heteroatoms. The number of nitrogens with one attached hydrogen (secondary N) is 1. The lowest BCUT2D eigenvalue weighted by Gasteiger charge is -2.40. The number of aromatic nitrogens is 3. The number of carbonyl (C=O) groups is 4. The molecule has 5 aliphatic heterocycles. The third-order valence-corrected chi connectivity index (χ3v) is 14.1. The first-order chi connectivity index (χ1) is 29.3. The number of nitrogens with zero attached hydrogens (tertiary/aromatic N) is 8. The highest BCUT2D eigenvalue weighted by Crippen LogP contribution is 2.34. The van der Waals surface area contributed by atoms with Crippen LogP contribution in [0.15, 0.2) is 73.2 Å². The number of aryl methyl sites for hydroxylation is 1. The molecule has 13 nitrogen and oxygen atoms in total. The molecular formula is C47H53N9O4. The number of imide groups is 2. The van der Waals surface area contributed by atoms with Gasteiger partial charge in [-0.25, -0.2) is 4.98 Å². The summed E-state index contributed by atoms with van der Waals surface area (Å²) in [5, 5.41) is 4.67. The molecule has 4 saturated heterocycles. The first-order valence-corrected chi connectivity index (χ1v) is 21.9. The van der Waals surface area contributed by atoms with Gasteiger partial charge in [0.05, 0.1) is 16.6 Å². The number of anilines is 2. The first kappa shape index (κ1) is 38.5. The van der Waals surface area contributed by atoms with Gasteiger partial charge < -0.3 is 19.3 Å². The van der Waals surface area contributed by atoms with Crippen molar-refractivity contribution >= 4 is 56.9 Å². The zero-order valence-electron chi connectivity index (χ0n) is 34.4. The van der Waals surface area contributed by atoms with E-state index < -0.39 is 23.8 Å². The Morgan fingerprint density at radius 2 is 1.43 bits per heavy atom. The van der Waals surface area contributed by atoms with Crippen LogP contribution < -0.4 is 15.1 Å². The predicted molar refractivity (Wildman–Crippen MR) is 232 cm³/mol. The molecule has 5 aromatic rings. The van der Waals surface area contributed by atoms with Gasteiger partial charge >= 0.3 is 0 Å². The third-order valence-electron chi connectivity index (χ3n) is 14.1. The molecule has 4 amide bonds. The summed E-state index contributed by atoms with van der Waals surface area (Å²) >= 11 is 0. The lowest BCUT2D eigenvalue weighted by Crippen LogP contribution is -2.54. The molecule has 0 bridgehead atoms. The van der Waals surface area contributed by atoms with Crippen LogP contribution in [0.4, 0.5) is 11.5 Å². The minimum atomic E-state index is -0.949. The maximum Gasteiger partial charge on any atom is 0.262 e. The Bertz CT molecular complexity index is 2460. The van der Waals surface area contributed by atoms with Gasteiger partial charge in [0.1, 0.15) is 11.9 Å². The fourth-order valence-electron chi connectivity index (χ4n) is 10.4. The number of piperidine rings is 3. The normalized spacial score (nSPS) is 21.4. The van der Waals surface area contributed by atoms with Crippen molar-refractivity contribution in [1.82, 2.24) is 34.6 Å². The fraction of sp³-hybridized carbons (Fsp3) is 0.447. The Labute approximate surface area is 350 Å². The van der Waals surface area contributed by atoms with E-state index >= 15 is 0 Å². The van der Waals surface area contributed by atoms with Crippen LogP contribution in [0.3, 0.4) is 0 Å². The topological polar surface area (TPSA) is 127 Å². The van der Waals surface area contributed by atoms with Gasteiger partial charge in [0.15, 0.2) is 0 Å². The second kappa shape index (κ2) is 16.1. The number of fused-ring (bicyclic) bond motifs is 4. The van der Waals surface area contributed by atoms with Crippen LogP contribution in [-0.2, 0) is 16.6 Å².